The second-order valence-corrected chi connectivity index (χ2v) is 7.88. The van der Waals surface area contributed by atoms with E-state index >= 15 is 0 Å². The highest BCUT2D eigenvalue weighted by molar-refractivity contribution is 7.94. The first-order chi connectivity index (χ1) is 9.83. The maximum absolute atomic E-state index is 12.2. The average Bonchev–Trinajstić information content (AvgIpc) is 2.87. The van der Waals surface area contributed by atoms with E-state index in [4.69, 9.17) is 23.2 Å². The molecule has 0 fully saturated rings. The Kier molecular flexibility index (Phi) is 4.77. The first-order valence-electron chi connectivity index (χ1n) is 5.49. The number of carbonyl (C=O) groups is 1. The molecule has 0 atom stereocenters. The number of rotatable bonds is 4. The lowest BCUT2D eigenvalue weighted by Crippen LogP contribution is -2.12. The number of ether oxygens (including phenoxy) is 1. The van der Waals surface area contributed by atoms with Gasteiger partial charge in [0.1, 0.15) is 4.21 Å². The predicted octanol–water partition coefficient (Wildman–Crippen LogP) is 3.64. The summed E-state index contributed by atoms with van der Waals surface area (Å²) in [5, 5.41) is 0.161. The van der Waals surface area contributed by atoms with Crippen LogP contribution in [-0.4, -0.2) is 21.5 Å². The van der Waals surface area contributed by atoms with E-state index in [9.17, 15) is 13.2 Å². The van der Waals surface area contributed by atoms with Crippen molar-refractivity contribution in [1.82, 2.24) is 0 Å². The summed E-state index contributed by atoms with van der Waals surface area (Å²) in [5.41, 5.74) is 0.271. The van der Waals surface area contributed by atoms with Gasteiger partial charge in [0, 0.05) is 0 Å². The second-order valence-electron chi connectivity index (χ2n) is 3.85. The number of hydrogen-bond donors (Lipinski definition) is 1. The van der Waals surface area contributed by atoms with Crippen LogP contribution >= 0.6 is 34.5 Å². The van der Waals surface area contributed by atoms with E-state index in [0.29, 0.717) is 4.34 Å². The van der Waals surface area contributed by atoms with Crippen molar-refractivity contribution in [3.05, 3.63) is 45.3 Å². The van der Waals surface area contributed by atoms with E-state index in [1.807, 2.05) is 0 Å². The quantitative estimate of drug-likeness (QED) is 0.839. The van der Waals surface area contributed by atoms with Crippen molar-refractivity contribution >= 4 is 56.2 Å². The molecule has 2 aromatic rings. The largest absolute Gasteiger partial charge is 0.465 e. The Labute approximate surface area is 135 Å². The zero-order chi connectivity index (χ0) is 15.6. The lowest BCUT2D eigenvalue weighted by molar-refractivity contribution is 0.0601. The highest BCUT2D eigenvalue weighted by Gasteiger charge is 2.19. The molecule has 2 rings (SSSR count). The van der Waals surface area contributed by atoms with Gasteiger partial charge in [0.2, 0.25) is 0 Å². The van der Waals surface area contributed by atoms with Crippen molar-refractivity contribution in [2.24, 2.45) is 0 Å². The molecule has 0 aliphatic rings. The number of benzene rings is 1. The third-order valence-electron chi connectivity index (χ3n) is 2.45. The zero-order valence-electron chi connectivity index (χ0n) is 10.6. The van der Waals surface area contributed by atoms with Crippen molar-refractivity contribution in [2.45, 2.75) is 4.21 Å². The lowest BCUT2D eigenvalue weighted by atomic mass is 10.2. The normalized spacial score (nSPS) is 11.2. The zero-order valence-corrected chi connectivity index (χ0v) is 13.7. The summed E-state index contributed by atoms with van der Waals surface area (Å²) in [6.45, 7) is 0. The van der Waals surface area contributed by atoms with Crippen molar-refractivity contribution in [3.8, 4) is 0 Å². The molecule has 1 aromatic heterocycles. The van der Waals surface area contributed by atoms with Crippen molar-refractivity contribution in [1.29, 1.82) is 0 Å². The Balaban J connectivity index is 2.37. The molecule has 1 aromatic carbocycles. The van der Waals surface area contributed by atoms with Gasteiger partial charge in [0.05, 0.1) is 27.7 Å². The Hall–Kier alpha value is -1.28. The molecule has 0 bridgehead atoms. The predicted molar refractivity (Wildman–Crippen MR) is 82.9 cm³/mol. The Morgan fingerprint density at radius 3 is 2.52 bits per heavy atom. The van der Waals surface area contributed by atoms with E-state index in [1.54, 1.807) is 0 Å². The number of sulfonamides is 1. The summed E-state index contributed by atoms with van der Waals surface area (Å²) in [7, 11) is -2.59. The van der Waals surface area contributed by atoms with E-state index in [1.165, 1.54) is 37.4 Å². The fourth-order valence-corrected chi connectivity index (χ4v) is 4.26. The average molecular weight is 366 g/mol. The number of nitrogens with one attached hydrogen (secondary N) is 1. The monoisotopic (exact) mass is 365 g/mol. The van der Waals surface area contributed by atoms with Gasteiger partial charge in [-0.05, 0) is 30.3 Å². The van der Waals surface area contributed by atoms with E-state index < -0.39 is 16.0 Å². The summed E-state index contributed by atoms with van der Waals surface area (Å²) in [6.07, 6.45) is 0. The summed E-state index contributed by atoms with van der Waals surface area (Å²) in [6, 6.07) is 7.02. The van der Waals surface area contributed by atoms with Gasteiger partial charge < -0.3 is 4.74 Å². The fraction of sp³-hybridized carbons (Fsp3) is 0.0833. The number of esters is 1. The third-order valence-corrected chi connectivity index (χ3v) is 5.86. The Bertz CT molecular complexity index is 786. The van der Waals surface area contributed by atoms with E-state index in [0.717, 1.165) is 11.3 Å². The smallest absolute Gasteiger partial charge is 0.337 e. The highest BCUT2D eigenvalue weighted by atomic mass is 35.5. The number of hydrogen-bond acceptors (Lipinski definition) is 5. The molecule has 1 N–H and O–H groups in total. The van der Waals surface area contributed by atoms with Crippen LogP contribution in [0.15, 0.2) is 34.5 Å². The van der Waals surface area contributed by atoms with Gasteiger partial charge in [0.15, 0.2) is 0 Å². The van der Waals surface area contributed by atoms with Crippen LogP contribution in [-0.2, 0) is 14.8 Å². The standard InChI is InChI=1S/C12H9Cl2NO4S2/c1-19-12(16)7-2-3-8(13)9(6-7)15-21(17,18)11-5-4-10(14)20-11/h2-6,15H,1H3. The van der Waals surface area contributed by atoms with Crippen molar-refractivity contribution in [3.63, 3.8) is 0 Å². The van der Waals surface area contributed by atoms with Crippen LogP contribution in [0.3, 0.4) is 0 Å². The molecule has 0 aliphatic heterocycles. The van der Waals surface area contributed by atoms with Crippen LogP contribution in [0.5, 0.6) is 0 Å². The number of halogens is 2. The molecule has 0 amide bonds. The molecule has 9 heteroatoms. The molecule has 0 aliphatic carbocycles. The number of methoxy groups -OCH3 is 1. The molecule has 0 unspecified atom stereocenters. The summed E-state index contributed by atoms with van der Waals surface area (Å²) < 4.78 is 31.7. The molecule has 21 heavy (non-hydrogen) atoms. The van der Waals surface area contributed by atoms with Gasteiger partial charge in [-0.2, -0.15) is 0 Å². The first-order valence-corrected chi connectivity index (χ1v) is 8.55. The SMILES string of the molecule is COC(=O)c1ccc(Cl)c(NS(=O)(=O)c2ccc(Cl)s2)c1. The Morgan fingerprint density at radius 1 is 1.24 bits per heavy atom. The minimum Gasteiger partial charge on any atom is -0.465 e. The maximum atomic E-state index is 12.2. The van der Waals surface area contributed by atoms with Crippen LogP contribution in [0.25, 0.3) is 0 Å². The minimum absolute atomic E-state index is 0.0482. The molecule has 0 saturated heterocycles. The fourth-order valence-electron chi connectivity index (χ4n) is 1.49. The molecule has 1 heterocycles. The second kappa shape index (κ2) is 6.23. The van der Waals surface area contributed by atoms with Crippen LogP contribution in [0.2, 0.25) is 9.36 Å². The van der Waals surface area contributed by atoms with Crippen molar-refractivity contribution in [2.75, 3.05) is 11.8 Å². The van der Waals surface area contributed by atoms with Gasteiger partial charge >= 0.3 is 5.97 Å². The molecule has 5 nitrogen and oxygen atoms in total. The van der Waals surface area contributed by atoms with Gasteiger partial charge in [-0.15, -0.1) is 11.3 Å². The molecule has 0 radical (unpaired) electrons. The molecular weight excluding hydrogens is 357 g/mol. The minimum atomic E-state index is -3.82. The molecule has 0 spiro atoms. The topological polar surface area (TPSA) is 72.5 Å². The summed E-state index contributed by atoms with van der Waals surface area (Å²) >= 11 is 12.6. The summed E-state index contributed by atoms with van der Waals surface area (Å²) in [5.74, 6) is -0.591. The number of thiophene rings is 1. The van der Waals surface area contributed by atoms with Crippen LogP contribution in [0.4, 0.5) is 5.69 Å². The van der Waals surface area contributed by atoms with Gasteiger partial charge in [-0.25, -0.2) is 13.2 Å². The Morgan fingerprint density at radius 2 is 1.95 bits per heavy atom. The van der Waals surface area contributed by atoms with Gasteiger partial charge in [-0.3, -0.25) is 4.72 Å². The van der Waals surface area contributed by atoms with Crippen LogP contribution in [0, 0.1) is 0 Å². The molecule has 0 saturated carbocycles. The van der Waals surface area contributed by atoms with E-state index in [2.05, 4.69) is 9.46 Å². The van der Waals surface area contributed by atoms with Gasteiger partial charge in [0.25, 0.3) is 10.0 Å². The maximum Gasteiger partial charge on any atom is 0.337 e. The first kappa shape index (κ1) is 16.1. The van der Waals surface area contributed by atoms with Crippen molar-refractivity contribution < 1.29 is 17.9 Å². The molecule has 112 valence electrons. The van der Waals surface area contributed by atoms with E-state index in [-0.39, 0.29) is 20.5 Å². The summed E-state index contributed by atoms with van der Waals surface area (Å²) in [4.78, 5) is 11.5. The molecular formula is C12H9Cl2NO4S2. The van der Waals surface area contributed by atoms with Gasteiger partial charge in [-0.1, -0.05) is 23.2 Å². The van der Waals surface area contributed by atoms with Crippen LogP contribution < -0.4 is 4.72 Å². The third kappa shape index (κ3) is 3.68. The van der Waals surface area contributed by atoms with Crippen LogP contribution in [0.1, 0.15) is 10.4 Å². The number of anilines is 1. The number of carbonyl (C=O) groups excluding carboxylic acids is 1. The highest BCUT2D eigenvalue weighted by Crippen LogP contribution is 2.30. The lowest BCUT2D eigenvalue weighted by Gasteiger charge is -2.09.